The molecule has 0 aliphatic carbocycles. The molecule has 0 amide bonds. The molecule has 2 nitrogen and oxygen atoms in total. The summed E-state index contributed by atoms with van der Waals surface area (Å²) in [6, 6.07) is 7.96. The first-order chi connectivity index (χ1) is 5.95. The van der Waals surface area contributed by atoms with Crippen molar-refractivity contribution in [2.75, 3.05) is 5.32 Å². The summed E-state index contributed by atoms with van der Waals surface area (Å²) in [7, 11) is 0. The monoisotopic (exact) mass is 176 g/mol. The fraction of sp³-hybridized carbons (Fsp3) is 0. The van der Waals surface area contributed by atoms with Crippen LogP contribution in [0.4, 0.5) is 10.7 Å². The topological polar surface area (TPSA) is 24.9 Å². The number of pyridine rings is 1. The Morgan fingerprint density at radius 2 is 2.00 bits per heavy atom. The lowest BCUT2D eigenvalue weighted by atomic mass is 10.4. The van der Waals surface area contributed by atoms with Gasteiger partial charge in [-0.2, -0.15) is 0 Å². The van der Waals surface area contributed by atoms with Crippen molar-refractivity contribution in [3.8, 4) is 0 Å². The smallest absolute Gasteiger partial charge is 0.0926 e. The molecular weight excluding hydrogens is 168 g/mol. The molecule has 2 rings (SSSR count). The molecule has 0 unspecified atom stereocenters. The van der Waals surface area contributed by atoms with E-state index in [0.717, 1.165) is 10.7 Å². The normalized spacial score (nSPS) is 9.67. The van der Waals surface area contributed by atoms with Gasteiger partial charge in [0.2, 0.25) is 0 Å². The molecule has 0 aliphatic heterocycles. The number of aromatic nitrogens is 1. The maximum absolute atomic E-state index is 3.94. The van der Waals surface area contributed by atoms with Crippen LogP contribution in [0.5, 0.6) is 0 Å². The molecular formula is C9H8N2S. The van der Waals surface area contributed by atoms with Gasteiger partial charge in [0.25, 0.3) is 0 Å². The molecule has 3 heteroatoms. The zero-order chi connectivity index (χ0) is 8.23. The van der Waals surface area contributed by atoms with Crippen LogP contribution < -0.4 is 5.32 Å². The van der Waals surface area contributed by atoms with Gasteiger partial charge in [-0.25, -0.2) is 0 Å². The Hall–Kier alpha value is -1.35. The Bertz CT molecular complexity index is 329. The number of thiophene rings is 1. The van der Waals surface area contributed by atoms with E-state index in [0.29, 0.717) is 0 Å². The molecule has 0 fully saturated rings. The van der Waals surface area contributed by atoms with E-state index >= 15 is 0 Å². The van der Waals surface area contributed by atoms with Gasteiger partial charge in [-0.15, -0.1) is 11.3 Å². The van der Waals surface area contributed by atoms with Crippen LogP contribution in [0.2, 0.25) is 0 Å². The van der Waals surface area contributed by atoms with Crippen LogP contribution in [0, 0.1) is 0 Å². The van der Waals surface area contributed by atoms with E-state index in [1.165, 1.54) is 0 Å². The van der Waals surface area contributed by atoms with Crippen LogP contribution in [-0.2, 0) is 0 Å². The Kier molecular flexibility index (Phi) is 2.05. The van der Waals surface area contributed by atoms with E-state index in [4.69, 9.17) is 0 Å². The second-order valence-corrected chi connectivity index (χ2v) is 3.29. The standard InChI is InChI=1S/C9H8N2S/c1-2-9(12-7-1)11-8-3-5-10-6-4-8/h1-7H,(H,10,11). The molecule has 0 aliphatic rings. The van der Waals surface area contributed by atoms with Gasteiger partial charge in [0.1, 0.15) is 0 Å². The van der Waals surface area contributed by atoms with Crippen molar-refractivity contribution in [2.24, 2.45) is 0 Å². The third-order valence-corrected chi connectivity index (χ3v) is 2.25. The van der Waals surface area contributed by atoms with Crippen molar-refractivity contribution >= 4 is 22.0 Å². The summed E-state index contributed by atoms with van der Waals surface area (Å²) in [5.41, 5.74) is 1.08. The third-order valence-electron chi connectivity index (χ3n) is 1.47. The Morgan fingerprint density at radius 3 is 2.67 bits per heavy atom. The quantitative estimate of drug-likeness (QED) is 0.761. The molecule has 0 saturated carbocycles. The molecule has 0 saturated heterocycles. The van der Waals surface area contributed by atoms with E-state index in [2.05, 4.69) is 10.3 Å². The second kappa shape index (κ2) is 3.36. The van der Waals surface area contributed by atoms with E-state index in [-0.39, 0.29) is 0 Å². The lowest BCUT2D eigenvalue weighted by Crippen LogP contribution is -1.85. The van der Waals surface area contributed by atoms with Crippen LogP contribution >= 0.6 is 11.3 Å². The zero-order valence-electron chi connectivity index (χ0n) is 6.40. The molecule has 60 valence electrons. The van der Waals surface area contributed by atoms with Gasteiger partial charge in [0.05, 0.1) is 5.00 Å². The molecule has 0 spiro atoms. The minimum atomic E-state index is 1.08. The van der Waals surface area contributed by atoms with Crippen molar-refractivity contribution < 1.29 is 0 Å². The lowest BCUT2D eigenvalue weighted by Gasteiger charge is -2.00. The number of anilines is 2. The van der Waals surface area contributed by atoms with E-state index in [1.54, 1.807) is 23.7 Å². The molecule has 2 heterocycles. The van der Waals surface area contributed by atoms with E-state index in [1.807, 2.05) is 29.6 Å². The Balaban J connectivity index is 2.15. The van der Waals surface area contributed by atoms with Gasteiger partial charge in [-0.05, 0) is 29.6 Å². The summed E-state index contributed by atoms with van der Waals surface area (Å²) in [6.45, 7) is 0. The van der Waals surface area contributed by atoms with Crippen LogP contribution in [0.25, 0.3) is 0 Å². The highest BCUT2D eigenvalue weighted by Crippen LogP contribution is 2.20. The van der Waals surface area contributed by atoms with Gasteiger partial charge in [-0.3, -0.25) is 4.98 Å². The SMILES string of the molecule is c1csc(Nc2ccncc2)c1. The zero-order valence-corrected chi connectivity index (χ0v) is 7.21. The van der Waals surface area contributed by atoms with Gasteiger partial charge in [0.15, 0.2) is 0 Å². The van der Waals surface area contributed by atoms with Gasteiger partial charge in [0, 0.05) is 18.1 Å². The summed E-state index contributed by atoms with van der Waals surface area (Å²) in [5.74, 6) is 0. The highest BCUT2D eigenvalue weighted by atomic mass is 32.1. The molecule has 2 aromatic rings. The third kappa shape index (κ3) is 1.62. The highest BCUT2D eigenvalue weighted by Gasteiger charge is 1.92. The van der Waals surface area contributed by atoms with Crippen molar-refractivity contribution in [2.45, 2.75) is 0 Å². The first-order valence-corrected chi connectivity index (χ1v) is 4.54. The fourth-order valence-electron chi connectivity index (χ4n) is 0.927. The maximum atomic E-state index is 3.94. The van der Waals surface area contributed by atoms with Gasteiger partial charge >= 0.3 is 0 Å². The first-order valence-electron chi connectivity index (χ1n) is 3.66. The molecule has 1 N–H and O–H groups in total. The van der Waals surface area contributed by atoms with E-state index < -0.39 is 0 Å². The van der Waals surface area contributed by atoms with Gasteiger partial charge in [-0.1, -0.05) is 0 Å². The number of rotatable bonds is 2. The predicted molar refractivity (Wildman–Crippen MR) is 51.8 cm³/mol. The minimum Gasteiger partial charge on any atom is -0.347 e. The molecule has 0 aromatic carbocycles. The summed E-state index contributed by atoms with van der Waals surface area (Å²) in [6.07, 6.45) is 3.55. The number of hydrogen-bond donors (Lipinski definition) is 1. The van der Waals surface area contributed by atoms with Crippen LogP contribution in [0.3, 0.4) is 0 Å². The van der Waals surface area contributed by atoms with Crippen molar-refractivity contribution in [1.29, 1.82) is 0 Å². The van der Waals surface area contributed by atoms with Crippen LogP contribution in [0.1, 0.15) is 0 Å². The minimum absolute atomic E-state index is 1.08. The lowest BCUT2D eigenvalue weighted by molar-refractivity contribution is 1.33. The van der Waals surface area contributed by atoms with Gasteiger partial charge < -0.3 is 5.32 Å². The van der Waals surface area contributed by atoms with Crippen molar-refractivity contribution in [1.82, 2.24) is 4.98 Å². The number of hydrogen-bond acceptors (Lipinski definition) is 3. The molecule has 0 bridgehead atoms. The van der Waals surface area contributed by atoms with E-state index in [9.17, 15) is 0 Å². The average molecular weight is 176 g/mol. The van der Waals surface area contributed by atoms with Crippen LogP contribution in [0.15, 0.2) is 42.0 Å². The Morgan fingerprint density at radius 1 is 1.17 bits per heavy atom. The summed E-state index contributed by atoms with van der Waals surface area (Å²) < 4.78 is 0. The first kappa shape index (κ1) is 7.31. The highest BCUT2D eigenvalue weighted by molar-refractivity contribution is 7.14. The van der Waals surface area contributed by atoms with Crippen molar-refractivity contribution in [3.05, 3.63) is 42.0 Å². The maximum Gasteiger partial charge on any atom is 0.0926 e. The van der Waals surface area contributed by atoms with Crippen LogP contribution in [-0.4, -0.2) is 4.98 Å². The molecule has 12 heavy (non-hydrogen) atoms. The molecule has 2 aromatic heterocycles. The largest absolute Gasteiger partial charge is 0.347 e. The summed E-state index contributed by atoms with van der Waals surface area (Å²) in [5, 5.41) is 6.46. The Labute approximate surface area is 74.9 Å². The fourth-order valence-corrected chi connectivity index (χ4v) is 1.56. The second-order valence-electron chi connectivity index (χ2n) is 2.34. The molecule has 0 atom stereocenters. The van der Waals surface area contributed by atoms with Crippen molar-refractivity contribution in [3.63, 3.8) is 0 Å². The summed E-state index contributed by atoms with van der Waals surface area (Å²) in [4.78, 5) is 3.94. The average Bonchev–Trinajstić information content (AvgIpc) is 2.59. The summed E-state index contributed by atoms with van der Waals surface area (Å²) >= 11 is 1.69. The molecule has 0 radical (unpaired) electrons. The predicted octanol–water partition coefficient (Wildman–Crippen LogP) is 2.89. The number of nitrogens with zero attached hydrogens (tertiary/aromatic N) is 1. The number of nitrogens with one attached hydrogen (secondary N) is 1.